The van der Waals surface area contributed by atoms with Gasteiger partial charge in [0.1, 0.15) is 6.17 Å². The summed E-state index contributed by atoms with van der Waals surface area (Å²) in [6.07, 6.45) is -1.29. The predicted octanol–water partition coefficient (Wildman–Crippen LogP) is 4.28. The number of carbonyl (C=O) groups excluding carboxylic acids is 1. The van der Waals surface area contributed by atoms with Gasteiger partial charge in [-0.3, -0.25) is 0 Å². The third kappa shape index (κ3) is 3.82. The zero-order valence-corrected chi connectivity index (χ0v) is 12.5. The molecule has 0 heterocycles. The Labute approximate surface area is 130 Å². The minimum absolute atomic E-state index is 0.139. The smallest absolute Gasteiger partial charge is 0.336 e. The van der Waals surface area contributed by atoms with Crippen molar-refractivity contribution >= 4 is 5.97 Å². The van der Waals surface area contributed by atoms with Crippen molar-refractivity contribution in [3.05, 3.63) is 83.9 Å². The summed E-state index contributed by atoms with van der Waals surface area (Å²) < 4.78 is 19.0. The summed E-state index contributed by atoms with van der Waals surface area (Å²) in [4.78, 5) is 11.4. The Morgan fingerprint density at radius 3 is 1.91 bits per heavy atom. The van der Waals surface area contributed by atoms with E-state index < -0.39 is 12.1 Å². The van der Waals surface area contributed by atoms with Crippen LogP contribution in [0.1, 0.15) is 23.5 Å². The predicted molar refractivity (Wildman–Crippen MR) is 85.4 cm³/mol. The Balaban J connectivity index is 2.27. The quantitative estimate of drug-likeness (QED) is 0.588. The van der Waals surface area contributed by atoms with Crippen molar-refractivity contribution in [3.63, 3.8) is 0 Å². The van der Waals surface area contributed by atoms with Crippen molar-refractivity contribution in [2.75, 3.05) is 7.11 Å². The van der Waals surface area contributed by atoms with Crippen LogP contribution in [0.25, 0.3) is 0 Å². The fourth-order valence-electron chi connectivity index (χ4n) is 2.44. The minimum atomic E-state index is -1.45. The maximum absolute atomic E-state index is 14.5. The molecule has 0 saturated heterocycles. The van der Waals surface area contributed by atoms with Gasteiger partial charge in [-0.15, -0.1) is 0 Å². The van der Waals surface area contributed by atoms with Gasteiger partial charge >= 0.3 is 5.97 Å². The second-order valence-corrected chi connectivity index (χ2v) is 5.09. The highest BCUT2D eigenvalue weighted by Crippen LogP contribution is 2.31. The normalized spacial score (nSPS) is 12.0. The molecular weight excluding hydrogens is 279 g/mol. The van der Waals surface area contributed by atoms with Crippen molar-refractivity contribution in [1.82, 2.24) is 0 Å². The number of carbonyl (C=O) groups is 1. The van der Waals surface area contributed by atoms with E-state index in [1.165, 1.54) is 7.11 Å². The number of hydrogen-bond donors (Lipinski definition) is 0. The molecule has 0 bridgehead atoms. The largest absolute Gasteiger partial charge is 0.466 e. The van der Waals surface area contributed by atoms with Crippen LogP contribution in [0.2, 0.25) is 0 Å². The van der Waals surface area contributed by atoms with Crippen LogP contribution in [0.5, 0.6) is 0 Å². The van der Waals surface area contributed by atoms with Crippen molar-refractivity contribution in [2.45, 2.75) is 18.5 Å². The van der Waals surface area contributed by atoms with Gasteiger partial charge in [0.05, 0.1) is 12.7 Å². The molecule has 0 spiro atoms. The summed E-state index contributed by atoms with van der Waals surface area (Å²) in [5, 5.41) is 0. The van der Waals surface area contributed by atoms with E-state index in [1.54, 1.807) is 0 Å². The van der Waals surface area contributed by atoms with Gasteiger partial charge in [0.25, 0.3) is 0 Å². The van der Waals surface area contributed by atoms with Gasteiger partial charge in [-0.25, -0.2) is 9.18 Å². The Morgan fingerprint density at radius 2 is 1.50 bits per heavy atom. The molecule has 2 nitrogen and oxygen atoms in total. The first-order valence-electron chi connectivity index (χ1n) is 7.14. The summed E-state index contributed by atoms with van der Waals surface area (Å²) >= 11 is 0. The van der Waals surface area contributed by atoms with Crippen LogP contribution < -0.4 is 0 Å². The van der Waals surface area contributed by atoms with Crippen molar-refractivity contribution < 1.29 is 13.9 Å². The highest BCUT2D eigenvalue weighted by Gasteiger charge is 2.25. The molecule has 2 aromatic carbocycles. The van der Waals surface area contributed by atoms with E-state index >= 15 is 0 Å². The monoisotopic (exact) mass is 298 g/mol. The second-order valence-electron chi connectivity index (χ2n) is 5.09. The van der Waals surface area contributed by atoms with E-state index in [1.807, 2.05) is 60.7 Å². The van der Waals surface area contributed by atoms with Crippen molar-refractivity contribution in [3.8, 4) is 0 Å². The molecule has 0 radical (unpaired) electrons. The molecule has 1 atom stereocenters. The van der Waals surface area contributed by atoms with Gasteiger partial charge in [-0.05, 0) is 17.5 Å². The zero-order valence-electron chi connectivity index (χ0n) is 12.5. The Kier molecular flexibility index (Phi) is 5.48. The van der Waals surface area contributed by atoms with Crippen LogP contribution in [-0.4, -0.2) is 19.3 Å². The molecule has 0 saturated carbocycles. The van der Waals surface area contributed by atoms with Gasteiger partial charge in [0.15, 0.2) is 0 Å². The molecule has 0 aliphatic heterocycles. The summed E-state index contributed by atoms with van der Waals surface area (Å²) in [7, 11) is 1.23. The molecule has 0 amide bonds. The van der Waals surface area contributed by atoms with E-state index in [0.29, 0.717) is 0 Å². The summed E-state index contributed by atoms with van der Waals surface area (Å²) in [6.45, 7) is 3.52. The number of alkyl halides is 1. The van der Waals surface area contributed by atoms with Crippen LogP contribution >= 0.6 is 0 Å². The number of benzene rings is 2. The molecule has 2 aromatic rings. The molecule has 0 aliphatic rings. The molecule has 114 valence electrons. The highest BCUT2D eigenvalue weighted by molar-refractivity contribution is 5.88. The van der Waals surface area contributed by atoms with Gasteiger partial charge in [0, 0.05) is 5.92 Å². The molecule has 0 aliphatic carbocycles. The van der Waals surface area contributed by atoms with Gasteiger partial charge in [-0.2, -0.15) is 0 Å². The first kappa shape index (κ1) is 16.0. The number of esters is 1. The molecule has 22 heavy (non-hydrogen) atoms. The fourth-order valence-corrected chi connectivity index (χ4v) is 2.44. The Morgan fingerprint density at radius 1 is 1.05 bits per heavy atom. The van der Waals surface area contributed by atoms with Crippen molar-refractivity contribution in [1.29, 1.82) is 0 Å². The van der Waals surface area contributed by atoms with E-state index in [2.05, 4.69) is 11.3 Å². The number of hydrogen-bond acceptors (Lipinski definition) is 2. The standard InChI is InChI=1S/C19H19FO2/c1-14(19(21)22-2)18(20)13-17(15-9-5-3-6-10-15)16-11-7-4-8-12-16/h3-12,17-18H,1,13H2,2H3/t18-/m0/s1. The van der Waals surface area contributed by atoms with Crippen LogP contribution in [0.4, 0.5) is 4.39 Å². The topological polar surface area (TPSA) is 26.3 Å². The van der Waals surface area contributed by atoms with E-state index in [9.17, 15) is 9.18 Å². The van der Waals surface area contributed by atoms with Gasteiger partial charge in [-0.1, -0.05) is 67.2 Å². The summed E-state index contributed by atoms with van der Waals surface area (Å²) in [5.41, 5.74) is 1.88. The van der Waals surface area contributed by atoms with Gasteiger partial charge in [0.2, 0.25) is 0 Å². The molecule has 3 heteroatoms. The van der Waals surface area contributed by atoms with Crippen LogP contribution in [0.15, 0.2) is 72.8 Å². The molecule has 0 fully saturated rings. The van der Waals surface area contributed by atoms with E-state index in [4.69, 9.17) is 0 Å². The summed E-state index contributed by atoms with van der Waals surface area (Å²) in [5.74, 6) is -0.842. The van der Waals surface area contributed by atoms with Crippen LogP contribution in [0.3, 0.4) is 0 Å². The lowest BCUT2D eigenvalue weighted by Crippen LogP contribution is -2.18. The maximum Gasteiger partial charge on any atom is 0.336 e. The molecular formula is C19H19FO2. The average Bonchev–Trinajstić information content (AvgIpc) is 2.59. The van der Waals surface area contributed by atoms with Crippen LogP contribution in [-0.2, 0) is 9.53 Å². The number of methoxy groups -OCH3 is 1. The number of rotatable bonds is 6. The third-order valence-corrected chi connectivity index (χ3v) is 3.67. The maximum atomic E-state index is 14.5. The highest BCUT2D eigenvalue weighted by atomic mass is 19.1. The lowest BCUT2D eigenvalue weighted by molar-refractivity contribution is -0.136. The zero-order chi connectivity index (χ0) is 15.9. The number of ether oxygens (including phenoxy) is 1. The summed E-state index contributed by atoms with van der Waals surface area (Å²) in [6, 6.07) is 19.4. The molecule has 0 N–H and O–H groups in total. The lowest BCUT2D eigenvalue weighted by atomic mass is 9.86. The Bertz CT molecular complexity index is 583. The fraction of sp³-hybridized carbons (Fsp3) is 0.211. The SMILES string of the molecule is C=C(C(=O)OC)[C@@H](F)CC(c1ccccc1)c1ccccc1. The first-order chi connectivity index (χ1) is 10.6. The van der Waals surface area contributed by atoms with E-state index in [-0.39, 0.29) is 17.9 Å². The molecule has 0 unspecified atom stereocenters. The molecule has 2 rings (SSSR count). The van der Waals surface area contributed by atoms with E-state index in [0.717, 1.165) is 11.1 Å². The van der Waals surface area contributed by atoms with Crippen LogP contribution in [0, 0.1) is 0 Å². The third-order valence-electron chi connectivity index (χ3n) is 3.67. The van der Waals surface area contributed by atoms with Crippen molar-refractivity contribution in [2.24, 2.45) is 0 Å². The minimum Gasteiger partial charge on any atom is -0.466 e. The van der Waals surface area contributed by atoms with Gasteiger partial charge < -0.3 is 4.74 Å². The molecule has 0 aromatic heterocycles. The number of halogens is 1. The lowest BCUT2D eigenvalue weighted by Gasteiger charge is -2.20. The average molecular weight is 298 g/mol. The first-order valence-corrected chi connectivity index (χ1v) is 7.14. The second kappa shape index (κ2) is 7.55. The Hall–Kier alpha value is -2.42.